The zero-order chi connectivity index (χ0) is 16.7. The Morgan fingerprint density at radius 1 is 0.913 bits per heavy atom. The number of ketones is 2. The summed E-state index contributed by atoms with van der Waals surface area (Å²) >= 11 is 6.63. The molecule has 0 aliphatic heterocycles. The lowest BCUT2D eigenvalue weighted by molar-refractivity contribution is -0.111. The Morgan fingerprint density at radius 3 is 2.09 bits per heavy atom. The van der Waals surface area contributed by atoms with E-state index in [2.05, 4.69) is 31.9 Å². The van der Waals surface area contributed by atoms with Gasteiger partial charge in [-0.1, -0.05) is 56.1 Å². The SMILES string of the molecule is N=C(C1=C(O)c2ccccc2C(=O)C1=O)c1cc(Br)cc(Br)c1. The number of fused-ring (bicyclic) bond motifs is 1. The first kappa shape index (κ1) is 15.8. The van der Waals surface area contributed by atoms with Crippen molar-refractivity contribution in [3.8, 4) is 0 Å². The molecule has 3 rings (SSSR count). The minimum absolute atomic E-state index is 0.155. The second-order valence-electron chi connectivity index (χ2n) is 4.96. The summed E-state index contributed by atoms with van der Waals surface area (Å²) in [7, 11) is 0. The number of carbonyl (C=O) groups is 2. The molecule has 1 aliphatic rings. The second-order valence-corrected chi connectivity index (χ2v) is 6.79. The quantitative estimate of drug-likeness (QED) is 0.545. The van der Waals surface area contributed by atoms with Crippen LogP contribution in [0.5, 0.6) is 0 Å². The molecule has 2 aromatic carbocycles. The van der Waals surface area contributed by atoms with Crippen molar-refractivity contribution in [1.82, 2.24) is 0 Å². The maximum Gasteiger partial charge on any atom is 0.239 e. The number of aliphatic hydroxyl groups excluding tert-OH is 1. The minimum Gasteiger partial charge on any atom is -0.506 e. The summed E-state index contributed by atoms with van der Waals surface area (Å²) < 4.78 is 1.42. The molecular formula is C17H9Br2NO3. The molecule has 23 heavy (non-hydrogen) atoms. The molecular weight excluding hydrogens is 426 g/mol. The molecule has 0 saturated heterocycles. The van der Waals surface area contributed by atoms with Crippen molar-refractivity contribution in [3.05, 3.63) is 73.7 Å². The molecule has 0 saturated carbocycles. The van der Waals surface area contributed by atoms with Crippen LogP contribution in [-0.2, 0) is 4.79 Å². The third-order valence-corrected chi connectivity index (χ3v) is 4.41. The fraction of sp³-hybridized carbons (Fsp3) is 0. The summed E-state index contributed by atoms with van der Waals surface area (Å²) in [6.45, 7) is 0. The Hall–Kier alpha value is -2.05. The van der Waals surface area contributed by atoms with Crippen LogP contribution in [0.1, 0.15) is 21.5 Å². The molecule has 0 fully saturated rings. The Morgan fingerprint density at radius 2 is 1.48 bits per heavy atom. The van der Waals surface area contributed by atoms with Crippen LogP contribution in [0.15, 0.2) is 57.0 Å². The monoisotopic (exact) mass is 433 g/mol. The van der Waals surface area contributed by atoms with Crippen molar-refractivity contribution in [2.45, 2.75) is 0 Å². The highest BCUT2D eigenvalue weighted by atomic mass is 79.9. The highest BCUT2D eigenvalue weighted by molar-refractivity contribution is 9.11. The zero-order valence-electron chi connectivity index (χ0n) is 11.6. The number of allylic oxidation sites excluding steroid dienone is 1. The van der Waals surface area contributed by atoms with Crippen molar-refractivity contribution in [1.29, 1.82) is 5.41 Å². The van der Waals surface area contributed by atoms with Crippen molar-refractivity contribution in [3.63, 3.8) is 0 Å². The predicted octanol–water partition coefficient (Wildman–Crippen LogP) is 4.31. The summed E-state index contributed by atoms with van der Waals surface area (Å²) in [5.41, 5.74) is 0.359. The highest BCUT2D eigenvalue weighted by Crippen LogP contribution is 2.30. The van der Waals surface area contributed by atoms with Crippen molar-refractivity contribution >= 4 is 54.9 Å². The lowest BCUT2D eigenvalue weighted by atomic mass is 9.85. The standard InChI is InChI=1S/C17H9Br2NO3/c18-9-5-8(6-10(19)7-9)14(20)13-15(21)11-3-1-2-4-12(11)16(22)17(13)23/h1-7,20-21H. The van der Waals surface area contributed by atoms with Crippen LogP contribution in [-0.4, -0.2) is 22.4 Å². The van der Waals surface area contributed by atoms with Crippen molar-refractivity contribution < 1.29 is 14.7 Å². The largest absolute Gasteiger partial charge is 0.506 e. The Bertz CT molecular complexity index is 896. The fourth-order valence-electron chi connectivity index (χ4n) is 2.44. The van der Waals surface area contributed by atoms with Gasteiger partial charge in [-0.2, -0.15) is 0 Å². The van der Waals surface area contributed by atoms with Crippen LogP contribution in [0.2, 0.25) is 0 Å². The maximum absolute atomic E-state index is 12.4. The molecule has 0 radical (unpaired) electrons. The van der Waals surface area contributed by atoms with Crippen LogP contribution >= 0.6 is 31.9 Å². The highest BCUT2D eigenvalue weighted by Gasteiger charge is 2.35. The van der Waals surface area contributed by atoms with E-state index in [1.165, 1.54) is 6.07 Å². The van der Waals surface area contributed by atoms with Crippen LogP contribution in [0, 0.1) is 5.41 Å². The van der Waals surface area contributed by atoms with E-state index in [-0.39, 0.29) is 28.2 Å². The van der Waals surface area contributed by atoms with Gasteiger partial charge < -0.3 is 5.11 Å². The number of benzene rings is 2. The Balaban J connectivity index is 2.20. The van der Waals surface area contributed by atoms with Crippen molar-refractivity contribution in [2.24, 2.45) is 0 Å². The molecule has 1 aliphatic carbocycles. The van der Waals surface area contributed by atoms with E-state index in [0.717, 1.165) is 0 Å². The fourth-order valence-corrected chi connectivity index (χ4v) is 3.73. The number of rotatable bonds is 2. The number of Topliss-reactive ketones (excluding diaryl/α,β-unsaturated/α-hetero) is 2. The predicted molar refractivity (Wildman–Crippen MR) is 94.0 cm³/mol. The molecule has 6 heteroatoms. The molecule has 0 unspecified atom stereocenters. The van der Waals surface area contributed by atoms with Gasteiger partial charge in [0.05, 0.1) is 11.3 Å². The summed E-state index contributed by atoms with van der Waals surface area (Å²) in [4.78, 5) is 24.6. The van der Waals surface area contributed by atoms with E-state index in [0.29, 0.717) is 14.5 Å². The van der Waals surface area contributed by atoms with Gasteiger partial charge in [0.2, 0.25) is 11.6 Å². The second kappa shape index (κ2) is 5.86. The van der Waals surface area contributed by atoms with Gasteiger partial charge in [-0.15, -0.1) is 0 Å². The summed E-state index contributed by atoms with van der Waals surface area (Å²) in [6.07, 6.45) is 0. The lowest BCUT2D eigenvalue weighted by Gasteiger charge is -2.18. The van der Waals surface area contributed by atoms with Crippen LogP contribution < -0.4 is 0 Å². The minimum atomic E-state index is -0.873. The molecule has 0 atom stereocenters. The van der Waals surface area contributed by atoms with Crippen molar-refractivity contribution in [2.75, 3.05) is 0 Å². The average molecular weight is 435 g/mol. The van der Waals surface area contributed by atoms with E-state index in [4.69, 9.17) is 5.41 Å². The third-order valence-electron chi connectivity index (χ3n) is 3.50. The molecule has 114 valence electrons. The lowest BCUT2D eigenvalue weighted by Crippen LogP contribution is -2.28. The van der Waals surface area contributed by atoms with Crippen LogP contribution in [0.3, 0.4) is 0 Å². The topological polar surface area (TPSA) is 78.2 Å². The average Bonchev–Trinajstić information content (AvgIpc) is 2.52. The van der Waals surface area contributed by atoms with Crippen LogP contribution in [0.4, 0.5) is 0 Å². The Labute approximate surface area is 148 Å². The zero-order valence-corrected chi connectivity index (χ0v) is 14.7. The van der Waals surface area contributed by atoms with E-state index >= 15 is 0 Å². The third kappa shape index (κ3) is 2.68. The molecule has 0 aromatic heterocycles. The van der Waals surface area contributed by atoms with Gasteiger partial charge in [-0.3, -0.25) is 15.0 Å². The van der Waals surface area contributed by atoms with Crippen LogP contribution in [0.25, 0.3) is 5.76 Å². The Kier molecular flexibility index (Phi) is 4.04. The van der Waals surface area contributed by atoms with E-state index in [9.17, 15) is 14.7 Å². The van der Waals surface area contributed by atoms with Gasteiger partial charge in [-0.25, -0.2) is 0 Å². The molecule has 0 amide bonds. The number of carbonyl (C=O) groups excluding carboxylic acids is 2. The van der Waals surface area contributed by atoms with E-state index < -0.39 is 11.6 Å². The first-order valence-corrected chi connectivity index (χ1v) is 8.16. The normalized spacial score (nSPS) is 14.0. The van der Waals surface area contributed by atoms with Gasteiger partial charge in [0, 0.05) is 25.6 Å². The van der Waals surface area contributed by atoms with E-state index in [1.807, 2.05) is 0 Å². The van der Waals surface area contributed by atoms with Gasteiger partial charge in [0.1, 0.15) is 5.76 Å². The number of aliphatic hydroxyl groups is 1. The summed E-state index contributed by atoms with van der Waals surface area (Å²) in [5.74, 6) is -1.93. The molecule has 0 bridgehead atoms. The van der Waals surface area contributed by atoms with Gasteiger partial charge in [-0.05, 0) is 18.2 Å². The molecule has 4 nitrogen and oxygen atoms in total. The number of halogens is 2. The first-order valence-electron chi connectivity index (χ1n) is 6.57. The summed E-state index contributed by atoms with van der Waals surface area (Å²) in [5, 5.41) is 18.7. The van der Waals surface area contributed by atoms with Gasteiger partial charge in [0.25, 0.3) is 0 Å². The molecule has 0 spiro atoms. The number of nitrogens with one attached hydrogen (secondary N) is 1. The van der Waals surface area contributed by atoms with E-state index in [1.54, 1.807) is 36.4 Å². The molecule has 0 heterocycles. The first-order chi connectivity index (χ1) is 10.9. The maximum atomic E-state index is 12.4. The van der Waals surface area contributed by atoms with Gasteiger partial charge >= 0.3 is 0 Å². The van der Waals surface area contributed by atoms with Gasteiger partial charge in [0.15, 0.2) is 0 Å². The smallest absolute Gasteiger partial charge is 0.239 e. The molecule has 2 N–H and O–H groups in total. The summed E-state index contributed by atoms with van der Waals surface area (Å²) in [6, 6.07) is 11.4. The molecule has 2 aromatic rings. The number of hydrogen-bond acceptors (Lipinski definition) is 4. The number of hydrogen-bond donors (Lipinski definition) is 2.